The number of rotatable bonds is 5. The molecule has 2 N–H and O–H groups in total. The summed E-state index contributed by atoms with van der Waals surface area (Å²) in [5, 5.41) is 14.8. The van der Waals surface area contributed by atoms with Crippen molar-refractivity contribution in [3.8, 4) is 11.8 Å². The van der Waals surface area contributed by atoms with Crippen LogP contribution in [0.4, 0.5) is 26.2 Å². The number of methoxy groups -OCH3 is 1. The highest BCUT2D eigenvalue weighted by Crippen LogP contribution is 2.29. The number of amides is 1. The normalized spacial score (nSPS) is 18.5. The van der Waals surface area contributed by atoms with E-state index >= 15 is 0 Å². The summed E-state index contributed by atoms with van der Waals surface area (Å²) in [4.78, 5) is 21.9. The van der Waals surface area contributed by atoms with Gasteiger partial charge in [-0.15, -0.1) is 0 Å². The molecule has 1 aliphatic heterocycles. The number of ether oxygens (including phenoxy) is 1. The number of anilines is 3. The van der Waals surface area contributed by atoms with E-state index < -0.39 is 18.3 Å². The number of carbonyl (C=O) groups excluding carboxylic acids is 1. The van der Waals surface area contributed by atoms with Gasteiger partial charge in [-0.3, -0.25) is 4.79 Å². The maximum atomic E-state index is 13.4. The fourth-order valence-electron chi connectivity index (χ4n) is 2.84. The summed E-state index contributed by atoms with van der Waals surface area (Å²) >= 11 is 0. The van der Waals surface area contributed by atoms with Crippen molar-refractivity contribution in [2.24, 2.45) is 0 Å². The first-order chi connectivity index (χ1) is 13.5. The van der Waals surface area contributed by atoms with E-state index in [9.17, 15) is 13.6 Å². The molecule has 2 atom stereocenters. The number of aromatic nitrogens is 2. The quantitative estimate of drug-likeness (QED) is 0.810. The lowest BCUT2D eigenvalue weighted by Crippen LogP contribution is -2.29. The molecule has 2 aromatic rings. The Morgan fingerprint density at radius 3 is 2.68 bits per heavy atom. The van der Waals surface area contributed by atoms with Crippen molar-refractivity contribution in [1.29, 1.82) is 5.26 Å². The topological polar surface area (TPSA) is 103 Å². The second kappa shape index (κ2) is 8.04. The number of carbonyl (C=O) groups is 1. The second-order valence-corrected chi connectivity index (χ2v) is 6.10. The van der Waals surface area contributed by atoms with Crippen LogP contribution < -0.4 is 15.4 Å². The predicted molar refractivity (Wildman–Crippen MR) is 98.3 cm³/mol. The van der Waals surface area contributed by atoms with Crippen LogP contribution in [-0.2, 0) is 0 Å². The molecule has 2 heterocycles. The molecule has 1 aromatic heterocycles. The molecule has 8 nitrogen and oxygen atoms in total. The van der Waals surface area contributed by atoms with Gasteiger partial charge >= 0.3 is 0 Å². The third-order valence-corrected chi connectivity index (χ3v) is 4.31. The number of hydrogen-bond acceptors (Lipinski definition) is 7. The van der Waals surface area contributed by atoms with Crippen LogP contribution in [0, 0.1) is 11.3 Å². The van der Waals surface area contributed by atoms with Gasteiger partial charge in [0.25, 0.3) is 5.91 Å². The van der Waals surface area contributed by atoms with Crippen molar-refractivity contribution in [1.82, 2.24) is 14.9 Å². The smallest absolute Gasteiger partial charge is 0.254 e. The molecule has 0 spiro atoms. The molecule has 0 aliphatic carbocycles. The van der Waals surface area contributed by atoms with E-state index in [0.29, 0.717) is 22.8 Å². The van der Waals surface area contributed by atoms with Crippen molar-refractivity contribution in [3.63, 3.8) is 0 Å². The molecular weight excluding hydrogens is 370 g/mol. The fourth-order valence-corrected chi connectivity index (χ4v) is 2.84. The number of hydrogen-bond donors (Lipinski definition) is 2. The summed E-state index contributed by atoms with van der Waals surface area (Å²) < 4.78 is 32.0. The Kier molecular flexibility index (Phi) is 5.54. The van der Waals surface area contributed by atoms with Gasteiger partial charge in [-0.25, -0.2) is 13.8 Å². The third-order valence-electron chi connectivity index (χ3n) is 4.31. The highest BCUT2D eigenvalue weighted by molar-refractivity contribution is 5.95. The van der Waals surface area contributed by atoms with E-state index in [1.54, 1.807) is 13.1 Å². The first kappa shape index (κ1) is 19.3. The van der Waals surface area contributed by atoms with Crippen LogP contribution in [0.1, 0.15) is 15.9 Å². The van der Waals surface area contributed by atoms with Gasteiger partial charge in [-0.2, -0.15) is 10.2 Å². The van der Waals surface area contributed by atoms with Crippen LogP contribution in [0.3, 0.4) is 0 Å². The molecule has 0 radical (unpaired) electrons. The van der Waals surface area contributed by atoms with Gasteiger partial charge in [-0.05, 0) is 18.2 Å². The number of likely N-dealkylation sites (tertiary alicyclic amines) is 1. The van der Waals surface area contributed by atoms with Crippen LogP contribution >= 0.6 is 0 Å². The lowest BCUT2D eigenvalue weighted by Gasteiger charge is -2.17. The minimum Gasteiger partial charge on any atom is -0.495 e. The van der Waals surface area contributed by atoms with E-state index in [1.807, 2.05) is 6.07 Å². The summed E-state index contributed by atoms with van der Waals surface area (Å²) in [5.41, 5.74) is 1.03. The summed E-state index contributed by atoms with van der Waals surface area (Å²) in [5.74, 6) is 0.444. The zero-order valence-corrected chi connectivity index (χ0v) is 15.2. The first-order valence-electron chi connectivity index (χ1n) is 8.44. The van der Waals surface area contributed by atoms with Crippen molar-refractivity contribution in [2.45, 2.75) is 12.3 Å². The van der Waals surface area contributed by atoms with Crippen molar-refractivity contribution < 1.29 is 18.3 Å². The minimum absolute atomic E-state index is 0.223. The average molecular weight is 388 g/mol. The van der Waals surface area contributed by atoms with E-state index in [-0.39, 0.29) is 24.6 Å². The summed E-state index contributed by atoms with van der Waals surface area (Å²) in [6.07, 6.45) is -1.96. The van der Waals surface area contributed by atoms with Crippen LogP contribution in [-0.4, -0.2) is 60.4 Å². The number of nitrogens with one attached hydrogen (secondary N) is 2. The molecule has 1 aliphatic rings. The molecule has 0 unspecified atom stereocenters. The van der Waals surface area contributed by atoms with Crippen molar-refractivity contribution >= 4 is 23.4 Å². The minimum atomic E-state index is -1.67. The van der Waals surface area contributed by atoms with Crippen molar-refractivity contribution in [3.05, 3.63) is 35.5 Å². The van der Waals surface area contributed by atoms with Gasteiger partial charge in [0.05, 0.1) is 32.1 Å². The molecule has 0 bridgehead atoms. The molecule has 1 fully saturated rings. The predicted octanol–water partition coefficient (Wildman–Crippen LogP) is 2.27. The Bertz CT molecular complexity index is 923. The van der Waals surface area contributed by atoms with E-state index in [4.69, 9.17) is 10.00 Å². The van der Waals surface area contributed by atoms with Crippen LogP contribution in [0.15, 0.2) is 24.4 Å². The maximum absolute atomic E-state index is 13.4. The molecule has 3 rings (SSSR count). The molecule has 1 amide bonds. The average Bonchev–Trinajstić information content (AvgIpc) is 3.06. The molecule has 0 saturated carbocycles. The van der Waals surface area contributed by atoms with Crippen LogP contribution in [0.5, 0.6) is 5.75 Å². The molecule has 1 saturated heterocycles. The van der Waals surface area contributed by atoms with E-state index in [1.165, 1.54) is 25.4 Å². The second-order valence-electron chi connectivity index (χ2n) is 6.10. The molecule has 10 heteroatoms. The Morgan fingerprint density at radius 1 is 1.36 bits per heavy atom. The number of benzene rings is 1. The molecular formula is C18H18F2N6O2. The van der Waals surface area contributed by atoms with Gasteiger partial charge in [0.2, 0.25) is 5.95 Å². The standard InChI is InChI=1S/C18H18F2N6O2/c1-22-16-11(6-21)7-23-18(25-16)24-14-4-3-10(5-15(14)28-2)17(27)26-8-12(19)13(20)9-26/h3-5,7,12-13H,8-9H2,1-2H3,(H2,22,23,24,25)/t12-,13-/m0/s1. The highest BCUT2D eigenvalue weighted by atomic mass is 19.2. The van der Waals surface area contributed by atoms with E-state index in [0.717, 1.165) is 4.90 Å². The van der Waals surface area contributed by atoms with E-state index in [2.05, 4.69) is 20.6 Å². The fraction of sp³-hybridized carbons (Fsp3) is 0.333. The van der Waals surface area contributed by atoms with Crippen LogP contribution in [0.25, 0.3) is 0 Å². The Hall–Kier alpha value is -3.48. The van der Waals surface area contributed by atoms with Gasteiger partial charge in [0.1, 0.15) is 23.2 Å². The molecule has 1 aromatic carbocycles. The van der Waals surface area contributed by atoms with Gasteiger partial charge < -0.3 is 20.3 Å². The Labute approximate surface area is 160 Å². The largest absolute Gasteiger partial charge is 0.495 e. The lowest BCUT2D eigenvalue weighted by molar-refractivity contribution is 0.0778. The highest BCUT2D eigenvalue weighted by Gasteiger charge is 2.35. The Balaban J connectivity index is 1.82. The first-order valence-corrected chi connectivity index (χ1v) is 8.44. The maximum Gasteiger partial charge on any atom is 0.254 e. The summed E-state index contributed by atoms with van der Waals surface area (Å²) in [7, 11) is 3.06. The van der Waals surface area contributed by atoms with Gasteiger partial charge in [0.15, 0.2) is 12.3 Å². The molecule has 28 heavy (non-hydrogen) atoms. The number of nitrogens with zero attached hydrogens (tertiary/aromatic N) is 4. The number of halogens is 2. The van der Waals surface area contributed by atoms with Gasteiger partial charge in [-0.1, -0.05) is 0 Å². The number of nitriles is 1. The monoisotopic (exact) mass is 388 g/mol. The molecule has 146 valence electrons. The summed E-state index contributed by atoms with van der Waals surface area (Å²) in [6, 6.07) is 6.56. The zero-order valence-electron chi connectivity index (χ0n) is 15.2. The third kappa shape index (κ3) is 3.78. The zero-order chi connectivity index (χ0) is 20.3. The van der Waals surface area contributed by atoms with Crippen LogP contribution in [0.2, 0.25) is 0 Å². The van der Waals surface area contributed by atoms with Crippen molar-refractivity contribution in [2.75, 3.05) is 37.9 Å². The van der Waals surface area contributed by atoms with Gasteiger partial charge in [0, 0.05) is 12.6 Å². The summed E-state index contributed by atoms with van der Waals surface area (Å²) in [6.45, 7) is -0.539. The number of alkyl halides is 2. The lowest BCUT2D eigenvalue weighted by atomic mass is 10.1. The SMILES string of the molecule is CNc1nc(Nc2ccc(C(=O)N3C[C@H](F)[C@@H](F)C3)cc2OC)ncc1C#N. The Morgan fingerprint density at radius 2 is 2.07 bits per heavy atom.